The van der Waals surface area contributed by atoms with E-state index in [4.69, 9.17) is 12.2 Å². The summed E-state index contributed by atoms with van der Waals surface area (Å²) in [6.45, 7) is 2.31. The average Bonchev–Trinajstić information content (AvgIpc) is 2.84. The first-order chi connectivity index (χ1) is 7.77. The van der Waals surface area contributed by atoms with Gasteiger partial charge in [-0.25, -0.2) is 0 Å². The molecule has 3 rings (SSSR count). The third kappa shape index (κ3) is 1.73. The Kier molecular flexibility index (Phi) is 2.62. The van der Waals surface area contributed by atoms with Crippen molar-refractivity contribution < 1.29 is 0 Å². The van der Waals surface area contributed by atoms with Crippen LogP contribution in [0.1, 0.15) is 63.2 Å². The summed E-state index contributed by atoms with van der Waals surface area (Å²) in [5.41, 5.74) is 0. The maximum Gasteiger partial charge on any atom is 0.195 e. The van der Waals surface area contributed by atoms with Gasteiger partial charge in [0.25, 0.3) is 0 Å². The van der Waals surface area contributed by atoms with Crippen molar-refractivity contribution in [3.63, 3.8) is 0 Å². The third-order valence-corrected chi connectivity index (χ3v) is 4.45. The van der Waals surface area contributed by atoms with Crippen molar-refractivity contribution in [2.75, 3.05) is 0 Å². The van der Waals surface area contributed by atoms with Gasteiger partial charge in [0, 0.05) is 12.0 Å². The van der Waals surface area contributed by atoms with Gasteiger partial charge in [0.2, 0.25) is 0 Å². The molecule has 88 valence electrons. The Morgan fingerprint density at radius 3 is 2.62 bits per heavy atom. The molecule has 2 saturated carbocycles. The van der Waals surface area contributed by atoms with Crippen LogP contribution in [0.2, 0.25) is 0 Å². The Labute approximate surface area is 101 Å². The predicted octanol–water partition coefficient (Wildman–Crippen LogP) is 3.57. The van der Waals surface area contributed by atoms with Gasteiger partial charge in [0.05, 0.1) is 0 Å². The molecule has 1 unspecified atom stereocenters. The number of aromatic nitrogens is 3. The van der Waals surface area contributed by atoms with Crippen LogP contribution in [0.15, 0.2) is 0 Å². The molecule has 0 radical (unpaired) electrons. The molecule has 0 saturated heterocycles. The van der Waals surface area contributed by atoms with Crippen LogP contribution in [0.4, 0.5) is 0 Å². The van der Waals surface area contributed by atoms with Crippen molar-refractivity contribution in [3.05, 3.63) is 10.6 Å². The Hall–Kier alpha value is -0.640. The van der Waals surface area contributed by atoms with Crippen LogP contribution in [-0.2, 0) is 0 Å². The molecule has 2 aliphatic rings. The van der Waals surface area contributed by atoms with E-state index in [1.165, 1.54) is 44.3 Å². The van der Waals surface area contributed by atoms with Gasteiger partial charge in [-0.1, -0.05) is 12.8 Å². The highest BCUT2D eigenvalue weighted by molar-refractivity contribution is 7.71. The molecule has 2 aliphatic carbocycles. The largest absolute Gasteiger partial charge is 0.301 e. The SMILES string of the molecule is CC(C1CCCC1)n1c(C2CC2)n[nH]c1=S. The minimum Gasteiger partial charge on any atom is -0.301 e. The van der Waals surface area contributed by atoms with Crippen molar-refractivity contribution in [2.45, 2.75) is 57.4 Å². The summed E-state index contributed by atoms with van der Waals surface area (Å²) in [5, 5.41) is 7.39. The number of H-pyrrole nitrogens is 1. The Morgan fingerprint density at radius 1 is 1.31 bits per heavy atom. The quantitative estimate of drug-likeness (QED) is 0.815. The number of aromatic amines is 1. The van der Waals surface area contributed by atoms with Crippen molar-refractivity contribution in [1.82, 2.24) is 14.8 Å². The van der Waals surface area contributed by atoms with Gasteiger partial charge < -0.3 is 4.57 Å². The molecule has 0 amide bonds. The molecule has 1 atom stereocenters. The minimum atomic E-state index is 0.532. The molecule has 3 nitrogen and oxygen atoms in total. The molecular formula is C12H19N3S. The van der Waals surface area contributed by atoms with Gasteiger partial charge >= 0.3 is 0 Å². The molecule has 1 aromatic heterocycles. The predicted molar refractivity (Wildman–Crippen MR) is 66.1 cm³/mol. The maximum absolute atomic E-state index is 5.38. The highest BCUT2D eigenvalue weighted by Gasteiger charge is 2.32. The topological polar surface area (TPSA) is 33.6 Å². The number of nitrogens with one attached hydrogen (secondary N) is 1. The normalized spacial score (nSPS) is 23.8. The third-order valence-electron chi connectivity index (χ3n) is 4.16. The fourth-order valence-electron chi connectivity index (χ4n) is 2.99. The molecule has 2 fully saturated rings. The number of hydrogen-bond donors (Lipinski definition) is 1. The molecule has 1 heterocycles. The minimum absolute atomic E-state index is 0.532. The molecule has 0 bridgehead atoms. The van der Waals surface area contributed by atoms with E-state index in [0.29, 0.717) is 12.0 Å². The van der Waals surface area contributed by atoms with E-state index in [0.717, 1.165) is 10.7 Å². The summed E-state index contributed by atoms with van der Waals surface area (Å²) in [5.74, 6) is 2.70. The lowest BCUT2D eigenvalue weighted by Gasteiger charge is -2.21. The van der Waals surface area contributed by atoms with E-state index in [2.05, 4.69) is 21.7 Å². The van der Waals surface area contributed by atoms with Crippen LogP contribution in [0.5, 0.6) is 0 Å². The van der Waals surface area contributed by atoms with Crippen molar-refractivity contribution >= 4 is 12.2 Å². The zero-order valence-corrected chi connectivity index (χ0v) is 10.6. The van der Waals surface area contributed by atoms with Crippen molar-refractivity contribution in [1.29, 1.82) is 0 Å². The second-order valence-corrected chi connectivity index (χ2v) is 5.70. The fourth-order valence-corrected chi connectivity index (χ4v) is 3.30. The first-order valence-electron chi connectivity index (χ1n) is 6.44. The lowest BCUT2D eigenvalue weighted by atomic mass is 9.99. The second kappa shape index (κ2) is 3.99. The Bertz CT molecular complexity index is 424. The molecule has 1 aromatic rings. The summed E-state index contributed by atoms with van der Waals surface area (Å²) in [4.78, 5) is 0. The lowest BCUT2D eigenvalue weighted by Crippen LogP contribution is -2.16. The van der Waals surface area contributed by atoms with Gasteiger partial charge in [-0.2, -0.15) is 5.10 Å². The van der Waals surface area contributed by atoms with Crippen LogP contribution in [-0.4, -0.2) is 14.8 Å². The van der Waals surface area contributed by atoms with Gasteiger partial charge in [-0.15, -0.1) is 0 Å². The molecule has 0 spiro atoms. The highest BCUT2D eigenvalue weighted by atomic mass is 32.1. The van der Waals surface area contributed by atoms with E-state index in [-0.39, 0.29) is 0 Å². The van der Waals surface area contributed by atoms with E-state index in [9.17, 15) is 0 Å². The molecule has 0 aromatic carbocycles. The highest BCUT2D eigenvalue weighted by Crippen LogP contribution is 2.42. The van der Waals surface area contributed by atoms with Crippen LogP contribution >= 0.6 is 12.2 Å². The molecule has 0 aliphatic heterocycles. The van der Waals surface area contributed by atoms with Crippen LogP contribution < -0.4 is 0 Å². The summed E-state index contributed by atoms with van der Waals surface area (Å²) in [6.07, 6.45) is 8.07. The number of rotatable bonds is 3. The summed E-state index contributed by atoms with van der Waals surface area (Å²) in [6, 6.07) is 0.532. The van der Waals surface area contributed by atoms with Crippen LogP contribution in [0, 0.1) is 10.7 Å². The summed E-state index contributed by atoms with van der Waals surface area (Å²) < 4.78 is 3.12. The molecule has 1 N–H and O–H groups in total. The van der Waals surface area contributed by atoms with Crippen molar-refractivity contribution in [2.24, 2.45) is 5.92 Å². The fraction of sp³-hybridized carbons (Fsp3) is 0.833. The standard InChI is InChI=1S/C12H19N3S/c1-8(9-4-2-3-5-9)15-11(10-6-7-10)13-14-12(15)16/h8-10H,2-7H2,1H3,(H,14,16). The van der Waals surface area contributed by atoms with Crippen molar-refractivity contribution in [3.8, 4) is 0 Å². The van der Waals surface area contributed by atoms with E-state index >= 15 is 0 Å². The summed E-state index contributed by atoms with van der Waals surface area (Å²) in [7, 11) is 0. The number of hydrogen-bond acceptors (Lipinski definition) is 2. The second-order valence-electron chi connectivity index (χ2n) is 5.32. The number of nitrogens with zero attached hydrogens (tertiary/aromatic N) is 2. The van der Waals surface area contributed by atoms with Crippen LogP contribution in [0.25, 0.3) is 0 Å². The van der Waals surface area contributed by atoms with E-state index < -0.39 is 0 Å². The smallest absolute Gasteiger partial charge is 0.195 e. The Morgan fingerprint density at radius 2 is 2.00 bits per heavy atom. The van der Waals surface area contributed by atoms with Crippen LogP contribution in [0.3, 0.4) is 0 Å². The maximum atomic E-state index is 5.38. The first-order valence-corrected chi connectivity index (χ1v) is 6.85. The first kappa shape index (κ1) is 10.5. The zero-order chi connectivity index (χ0) is 11.1. The summed E-state index contributed by atoms with van der Waals surface area (Å²) >= 11 is 5.38. The monoisotopic (exact) mass is 237 g/mol. The Balaban J connectivity index is 1.91. The zero-order valence-electron chi connectivity index (χ0n) is 9.78. The molecule has 4 heteroatoms. The van der Waals surface area contributed by atoms with Gasteiger partial charge in [-0.05, 0) is 50.7 Å². The molecular weight excluding hydrogens is 218 g/mol. The van der Waals surface area contributed by atoms with Gasteiger partial charge in [0.1, 0.15) is 5.82 Å². The molecule has 16 heavy (non-hydrogen) atoms. The van der Waals surface area contributed by atoms with E-state index in [1.54, 1.807) is 0 Å². The lowest BCUT2D eigenvalue weighted by molar-refractivity contribution is 0.349. The van der Waals surface area contributed by atoms with Gasteiger partial charge in [0.15, 0.2) is 4.77 Å². The van der Waals surface area contributed by atoms with Gasteiger partial charge in [-0.3, -0.25) is 5.10 Å². The van der Waals surface area contributed by atoms with E-state index in [1.807, 2.05) is 0 Å². The average molecular weight is 237 g/mol.